The third kappa shape index (κ3) is 3.24. The highest BCUT2D eigenvalue weighted by molar-refractivity contribution is 14.1. The van der Waals surface area contributed by atoms with Crippen LogP contribution in [0.3, 0.4) is 0 Å². The number of amides is 1. The normalized spacial score (nSPS) is 17.4. The summed E-state index contributed by atoms with van der Waals surface area (Å²) in [7, 11) is 0. The Balaban J connectivity index is 1.56. The van der Waals surface area contributed by atoms with Crippen LogP contribution in [0.15, 0.2) is 36.4 Å². The fraction of sp³-hybridized carbons (Fsp3) is 0.320. The zero-order chi connectivity index (χ0) is 23.6. The van der Waals surface area contributed by atoms with Gasteiger partial charge in [0.1, 0.15) is 5.69 Å². The van der Waals surface area contributed by atoms with Crippen LogP contribution in [-0.2, 0) is 16.6 Å². The molecule has 2 aromatic carbocycles. The van der Waals surface area contributed by atoms with Gasteiger partial charge >= 0.3 is 5.97 Å². The molecule has 3 aliphatic rings. The number of anilines is 1. The van der Waals surface area contributed by atoms with Gasteiger partial charge in [-0.15, -0.1) is 0 Å². The molecule has 1 spiro atoms. The van der Waals surface area contributed by atoms with Crippen molar-refractivity contribution in [2.24, 2.45) is 0 Å². The minimum Gasteiger partial charge on any atom is -0.490 e. The summed E-state index contributed by atoms with van der Waals surface area (Å²) >= 11 is 2.23. The quantitative estimate of drug-likeness (QED) is 0.342. The number of rotatable bonds is 4. The number of ether oxygens (including phenoxy) is 2. The van der Waals surface area contributed by atoms with E-state index in [-0.39, 0.29) is 29.4 Å². The molecule has 0 saturated heterocycles. The molecular weight excluding hydrogens is 552 g/mol. The van der Waals surface area contributed by atoms with Crippen LogP contribution in [0, 0.1) is 9.39 Å². The number of fused-ring (bicyclic) bond motifs is 3. The first-order valence-corrected chi connectivity index (χ1v) is 12.3. The molecule has 1 fully saturated rings. The molecule has 3 aromatic rings. The minimum absolute atomic E-state index is 0.141. The van der Waals surface area contributed by atoms with Crippen molar-refractivity contribution in [3.05, 3.63) is 68.3 Å². The molecule has 1 amide bonds. The molecule has 6 rings (SSSR count). The smallest absolute Gasteiger partial charge is 0.359 e. The Morgan fingerprint density at radius 1 is 1.24 bits per heavy atom. The van der Waals surface area contributed by atoms with Crippen molar-refractivity contribution in [2.45, 2.75) is 31.6 Å². The summed E-state index contributed by atoms with van der Waals surface area (Å²) < 4.78 is 28.0. The number of halogens is 2. The Hall–Kier alpha value is -2.95. The molecule has 0 bridgehead atoms. The van der Waals surface area contributed by atoms with Gasteiger partial charge in [-0.25, -0.2) is 13.9 Å². The van der Waals surface area contributed by atoms with Gasteiger partial charge in [0.15, 0.2) is 17.3 Å². The van der Waals surface area contributed by atoms with Crippen LogP contribution < -0.4 is 9.64 Å². The maximum Gasteiger partial charge on any atom is 0.359 e. The van der Waals surface area contributed by atoms with Crippen LogP contribution in [0.1, 0.15) is 51.9 Å². The average Bonchev–Trinajstić information content (AvgIpc) is 3.23. The van der Waals surface area contributed by atoms with Gasteiger partial charge in [0.05, 0.1) is 18.9 Å². The van der Waals surface area contributed by atoms with Gasteiger partial charge in [0.2, 0.25) is 0 Å². The van der Waals surface area contributed by atoms with E-state index >= 15 is 0 Å². The second-order valence-corrected chi connectivity index (χ2v) is 10.1. The molecule has 0 unspecified atom stereocenters. The zero-order valence-corrected chi connectivity index (χ0v) is 20.6. The maximum atomic E-state index is 14.8. The van der Waals surface area contributed by atoms with E-state index in [1.165, 1.54) is 10.7 Å². The van der Waals surface area contributed by atoms with Gasteiger partial charge in [-0.3, -0.25) is 4.79 Å². The summed E-state index contributed by atoms with van der Waals surface area (Å²) in [5.74, 6) is -1.11. The number of benzene rings is 2. The Morgan fingerprint density at radius 2 is 2.00 bits per heavy atom. The van der Waals surface area contributed by atoms with Crippen molar-refractivity contribution in [1.82, 2.24) is 9.78 Å². The molecule has 1 aromatic heterocycles. The van der Waals surface area contributed by atoms with E-state index < -0.39 is 11.8 Å². The van der Waals surface area contributed by atoms with Gasteiger partial charge < -0.3 is 14.4 Å². The Labute approximate surface area is 209 Å². The standard InChI is InChI=1S/C25H21FIN3O4/c1-2-33-24(32)20-19-21(30(28-20)17-11-14-7-10-34-22(14)18(26)12-17)23(31)29(13-25(19)8-9-25)16-5-3-15(27)4-6-16/h3-6,11-12H,2,7-10,13H2,1H3. The van der Waals surface area contributed by atoms with E-state index in [4.69, 9.17) is 9.47 Å². The van der Waals surface area contributed by atoms with Crippen molar-refractivity contribution < 1.29 is 23.5 Å². The van der Waals surface area contributed by atoms with Crippen LogP contribution in [-0.4, -0.2) is 41.4 Å². The lowest BCUT2D eigenvalue weighted by Crippen LogP contribution is -2.44. The van der Waals surface area contributed by atoms with E-state index in [2.05, 4.69) is 27.7 Å². The monoisotopic (exact) mass is 573 g/mol. The largest absolute Gasteiger partial charge is 0.490 e. The number of aromatic nitrogens is 2. The topological polar surface area (TPSA) is 73.7 Å². The van der Waals surface area contributed by atoms with Gasteiger partial charge in [-0.05, 0) is 72.7 Å². The first kappa shape index (κ1) is 21.6. The van der Waals surface area contributed by atoms with Gasteiger partial charge in [0.25, 0.3) is 5.91 Å². The molecule has 0 N–H and O–H groups in total. The van der Waals surface area contributed by atoms with Gasteiger partial charge in [-0.1, -0.05) is 0 Å². The second-order valence-electron chi connectivity index (χ2n) is 8.87. The Kier molecular flexibility index (Phi) is 4.94. The van der Waals surface area contributed by atoms with Crippen molar-refractivity contribution >= 4 is 40.2 Å². The lowest BCUT2D eigenvalue weighted by atomic mass is 9.88. The fourth-order valence-electron chi connectivity index (χ4n) is 4.98. The van der Waals surface area contributed by atoms with Crippen molar-refractivity contribution in [3.63, 3.8) is 0 Å². The fourth-order valence-corrected chi connectivity index (χ4v) is 5.34. The highest BCUT2D eigenvalue weighted by Crippen LogP contribution is 2.54. The zero-order valence-electron chi connectivity index (χ0n) is 18.4. The van der Waals surface area contributed by atoms with E-state index in [1.54, 1.807) is 17.9 Å². The number of hydrogen-bond acceptors (Lipinski definition) is 5. The SMILES string of the molecule is CCOC(=O)c1nn(-c2cc(F)c3c(c2)CCO3)c2c1C1(CC1)CN(c1ccc(I)cc1)C2=O. The van der Waals surface area contributed by atoms with Gasteiger partial charge in [-0.2, -0.15) is 5.10 Å². The number of carbonyl (C=O) groups excluding carboxylic acids is 2. The summed E-state index contributed by atoms with van der Waals surface area (Å²) in [4.78, 5) is 28.6. The molecule has 0 atom stereocenters. The van der Waals surface area contributed by atoms with E-state index in [1.807, 2.05) is 24.3 Å². The summed E-state index contributed by atoms with van der Waals surface area (Å²) in [6.07, 6.45) is 2.23. The third-order valence-corrected chi connectivity index (χ3v) is 7.47. The molecule has 0 radical (unpaired) electrons. The molecule has 34 heavy (non-hydrogen) atoms. The highest BCUT2D eigenvalue weighted by Gasteiger charge is 2.56. The molecular formula is C25H21FIN3O4. The minimum atomic E-state index is -0.566. The maximum absolute atomic E-state index is 14.8. The average molecular weight is 573 g/mol. The summed E-state index contributed by atoms with van der Waals surface area (Å²) in [5.41, 5.74) is 2.57. The van der Waals surface area contributed by atoms with E-state index in [9.17, 15) is 14.0 Å². The van der Waals surface area contributed by atoms with Crippen molar-refractivity contribution in [3.8, 4) is 11.4 Å². The molecule has 2 aliphatic heterocycles. The molecule has 9 heteroatoms. The summed E-state index contributed by atoms with van der Waals surface area (Å²) in [6, 6.07) is 10.8. The number of esters is 1. The van der Waals surface area contributed by atoms with Crippen LogP contribution in [0.5, 0.6) is 5.75 Å². The second kappa shape index (κ2) is 7.79. The predicted octanol–water partition coefficient (Wildman–Crippen LogP) is 4.42. The number of hydrogen-bond donors (Lipinski definition) is 0. The van der Waals surface area contributed by atoms with Crippen LogP contribution in [0.4, 0.5) is 10.1 Å². The molecule has 1 saturated carbocycles. The Morgan fingerprint density at radius 3 is 2.71 bits per heavy atom. The molecule has 3 heterocycles. The van der Waals surface area contributed by atoms with E-state index in [0.29, 0.717) is 36.5 Å². The van der Waals surface area contributed by atoms with Crippen molar-refractivity contribution in [1.29, 1.82) is 0 Å². The van der Waals surface area contributed by atoms with Crippen LogP contribution in [0.25, 0.3) is 5.69 Å². The first-order chi connectivity index (χ1) is 16.4. The Bertz CT molecular complexity index is 1350. The summed E-state index contributed by atoms with van der Waals surface area (Å²) in [5, 5.41) is 4.56. The van der Waals surface area contributed by atoms with E-state index in [0.717, 1.165) is 27.7 Å². The predicted molar refractivity (Wildman–Crippen MR) is 130 cm³/mol. The third-order valence-electron chi connectivity index (χ3n) is 6.75. The summed E-state index contributed by atoms with van der Waals surface area (Å²) in [6.45, 7) is 2.79. The molecule has 174 valence electrons. The molecule has 1 aliphatic carbocycles. The van der Waals surface area contributed by atoms with Crippen LogP contribution in [0.2, 0.25) is 0 Å². The lowest BCUT2D eigenvalue weighted by molar-refractivity contribution is 0.0516. The first-order valence-electron chi connectivity index (χ1n) is 11.3. The highest BCUT2D eigenvalue weighted by atomic mass is 127. The number of nitrogens with zero attached hydrogens (tertiary/aromatic N) is 3. The van der Waals surface area contributed by atoms with Crippen LogP contribution >= 0.6 is 22.6 Å². The van der Waals surface area contributed by atoms with Crippen molar-refractivity contribution in [2.75, 3.05) is 24.7 Å². The number of carbonyl (C=O) groups is 2. The van der Waals surface area contributed by atoms with Gasteiger partial charge in [0, 0.05) is 44.8 Å². The lowest BCUT2D eigenvalue weighted by Gasteiger charge is -2.33. The molecule has 7 nitrogen and oxygen atoms in total.